The minimum Gasteiger partial charge on any atom is -0.478 e. The Labute approximate surface area is 199 Å². The first-order valence-electron chi connectivity index (χ1n) is 11.6. The minimum atomic E-state index is -1.01. The maximum absolute atomic E-state index is 13.6. The molecule has 0 unspecified atom stereocenters. The molecule has 0 aromatic heterocycles. The maximum Gasteiger partial charge on any atom is 0.331 e. The topological polar surface area (TPSA) is 86.7 Å². The van der Waals surface area contributed by atoms with Crippen molar-refractivity contribution in [1.29, 1.82) is 0 Å². The number of benzene rings is 1. The van der Waals surface area contributed by atoms with Crippen LogP contribution in [-0.2, 0) is 19.8 Å². The van der Waals surface area contributed by atoms with Gasteiger partial charge in [-0.3, -0.25) is 9.59 Å². The summed E-state index contributed by atoms with van der Waals surface area (Å²) >= 11 is 0. The van der Waals surface area contributed by atoms with Gasteiger partial charge in [0.15, 0.2) is 0 Å². The van der Waals surface area contributed by atoms with Gasteiger partial charge in [-0.2, -0.15) is 0 Å². The molecule has 2 amide bonds. The number of hydrogen-bond acceptors (Lipinski definition) is 3. The van der Waals surface area contributed by atoms with Gasteiger partial charge in [-0.15, -0.1) is 0 Å². The molecule has 6 heteroatoms. The van der Waals surface area contributed by atoms with Gasteiger partial charge in [0.25, 0.3) is 0 Å². The van der Waals surface area contributed by atoms with Crippen LogP contribution in [-0.4, -0.2) is 46.9 Å². The molecule has 0 heterocycles. The fourth-order valence-corrected chi connectivity index (χ4v) is 3.79. The number of amides is 2. The summed E-state index contributed by atoms with van der Waals surface area (Å²) in [7, 11) is 1.67. The van der Waals surface area contributed by atoms with E-state index >= 15 is 0 Å². The molecule has 2 N–H and O–H groups in total. The lowest BCUT2D eigenvalue weighted by molar-refractivity contribution is -0.141. The molecule has 0 aliphatic rings. The number of likely N-dealkylation sites (N-methyl/N-ethyl adjacent to an activating group) is 1. The number of nitrogens with one attached hydrogen (secondary N) is 1. The Kier molecular flexibility index (Phi) is 9.46. The van der Waals surface area contributed by atoms with Crippen molar-refractivity contribution in [2.75, 3.05) is 7.05 Å². The molecule has 0 saturated heterocycles. The molecule has 184 valence electrons. The molecule has 0 bridgehead atoms. The average Bonchev–Trinajstić information content (AvgIpc) is 2.73. The molecule has 33 heavy (non-hydrogen) atoms. The van der Waals surface area contributed by atoms with E-state index in [2.05, 4.69) is 5.32 Å². The van der Waals surface area contributed by atoms with Crippen molar-refractivity contribution in [3.8, 4) is 0 Å². The van der Waals surface area contributed by atoms with Gasteiger partial charge in [0.1, 0.15) is 6.04 Å². The second-order valence-electron chi connectivity index (χ2n) is 11.0. The van der Waals surface area contributed by atoms with Crippen molar-refractivity contribution in [2.45, 2.75) is 79.8 Å². The van der Waals surface area contributed by atoms with Crippen LogP contribution in [0.1, 0.15) is 67.9 Å². The van der Waals surface area contributed by atoms with Gasteiger partial charge in [-0.05, 0) is 23.8 Å². The second-order valence-corrected chi connectivity index (χ2v) is 11.0. The second kappa shape index (κ2) is 11.0. The highest BCUT2D eigenvalue weighted by Gasteiger charge is 2.40. The molecular formula is C27H42N2O4. The van der Waals surface area contributed by atoms with E-state index in [4.69, 9.17) is 0 Å². The van der Waals surface area contributed by atoms with Crippen LogP contribution in [0.15, 0.2) is 42.0 Å². The summed E-state index contributed by atoms with van der Waals surface area (Å²) in [6.45, 7) is 17.1. The summed E-state index contributed by atoms with van der Waals surface area (Å²) < 4.78 is 0. The number of carbonyl (C=O) groups is 3. The Bertz CT molecular complexity index is 866. The number of carboxylic acids is 1. The summed E-state index contributed by atoms with van der Waals surface area (Å²) in [5, 5.41) is 12.3. The molecule has 0 spiro atoms. The SMILES string of the molecule is CC(=C[C@H](C(C)C)N(C)C(=O)[C@@H](NC(=O)[C@@H](C)C(C)(C)c1ccccc1)C(C)(C)C)C(=O)O. The van der Waals surface area contributed by atoms with Crippen LogP contribution in [0.4, 0.5) is 0 Å². The van der Waals surface area contributed by atoms with Gasteiger partial charge in [-0.1, -0.05) is 91.8 Å². The molecule has 1 aromatic rings. The Morgan fingerprint density at radius 3 is 1.94 bits per heavy atom. The van der Waals surface area contributed by atoms with E-state index in [0.717, 1.165) is 5.56 Å². The molecule has 0 fully saturated rings. The summed E-state index contributed by atoms with van der Waals surface area (Å²) in [6, 6.07) is 8.70. The first-order chi connectivity index (χ1) is 15.0. The smallest absolute Gasteiger partial charge is 0.331 e. The molecule has 1 rings (SSSR count). The van der Waals surface area contributed by atoms with Crippen molar-refractivity contribution < 1.29 is 19.5 Å². The zero-order valence-corrected chi connectivity index (χ0v) is 21.9. The summed E-state index contributed by atoms with van der Waals surface area (Å²) in [5.41, 5.74) is 0.273. The van der Waals surface area contributed by atoms with Gasteiger partial charge < -0.3 is 15.3 Å². The minimum absolute atomic E-state index is 0.000470. The highest BCUT2D eigenvalue weighted by molar-refractivity contribution is 5.90. The Balaban J connectivity index is 3.22. The third-order valence-electron chi connectivity index (χ3n) is 6.63. The quantitative estimate of drug-likeness (QED) is 0.528. The van der Waals surface area contributed by atoms with Gasteiger partial charge in [-0.25, -0.2) is 4.79 Å². The fourth-order valence-electron chi connectivity index (χ4n) is 3.79. The average molecular weight is 459 g/mol. The normalized spacial score (nSPS) is 15.5. The Morgan fingerprint density at radius 2 is 1.52 bits per heavy atom. The standard InChI is InChI=1S/C27H42N2O4/c1-17(2)21(16-18(3)25(32)33)29(10)24(31)22(26(5,6)7)28-23(30)19(4)27(8,9)20-14-12-11-13-15-20/h11-17,19,21-22H,1-10H3,(H,28,30)(H,32,33)/t19-,21-,22-/m1/s1. The van der Waals surface area contributed by atoms with Crippen LogP contribution in [0.5, 0.6) is 0 Å². The lowest BCUT2D eigenvalue weighted by Crippen LogP contribution is -2.58. The highest BCUT2D eigenvalue weighted by atomic mass is 16.4. The van der Waals surface area contributed by atoms with E-state index in [-0.39, 0.29) is 29.2 Å². The van der Waals surface area contributed by atoms with E-state index in [9.17, 15) is 19.5 Å². The van der Waals surface area contributed by atoms with Crippen LogP contribution in [0.25, 0.3) is 0 Å². The number of carboxylic acid groups (broad SMARTS) is 1. The van der Waals surface area contributed by atoms with Gasteiger partial charge in [0.05, 0.1) is 6.04 Å². The van der Waals surface area contributed by atoms with E-state index in [1.165, 1.54) is 6.92 Å². The van der Waals surface area contributed by atoms with Gasteiger partial charge >= 0.3 is 5.97 Å². The van der Waals surface area contributed by atoms with E-state index < -0.39 is 28.9 Å². The first kappa shape index (κ1) is 28.4. The lowest BCUT2D eigenvalue weighted by atomic mass is 9.73. The van der Waals surface area contributed by atoms with Crippen molar-refractivity contribution in [3.05, 3.63) is 47.5 Å². The summed E-state index contributed by atoms with van der Waals surface area (Å²) in [6.07, 6.45) is 1.60. The number of hydrogen-bond donors (Lipinski definition) is 2. The predicted molar refractivity (Wildman–Crippen MR) is 133 cm³/mol. The van der Waals surface area contributed by atoms with E-state index in [1.54, 1.807) is 18.0 Å². The number of carbonyl (C=O) groups excluding carboxylic acids is 2. The molecular weight excluding hydrogens is 416 g/mol. The van der Waals surface area contributed by atoms with Gasteiger partial charge in [0, 0.05) is 24.0 Å². The van der Waals surface area contributed by atoms with Crippen molar-refractivity contribution >= 4 is 17.8 Å². The number of rotatable bonds is 9. The van der Waals surface area contributed by atoms with Crippen LogP contribution in [0.3, 0.4) is 0 Å². The monoisotopic (exact) mass is 458 g/mol. The Morgan fingerprint density at radius 1 is 1.00 bits per heavy atom. The van der Waals surface area contributed by atoms with Gasteiger partial charge in [0.2, 0.25) is 11.8 Å². The maximum atomic E-state index is 13.6. The molecule has 0 saturated carbocycles. The lowest BCUT2D eigenvalue weighted by Gasteiger charge is -2.39. The molecule has 0 aliphatic heterocycles. The van der Waals surface area contributed by atoms with Crippen LogP contribution >= 0.6 is 0 Å². The van der Waals surface area contributed by atoms with Crippen molar-refractivity contribution in [3.63, 3.8) is 0 Å². The summed E-state index contributed by atoms with van der Waals surface area (Å²) in [4.78, 5) is 39.8. The van der Waals surface area contributed by atoms with Crippen LogP contribution in [0.2, 0.25) is 0 Å². The third-order valence-corrected chi connectivity index (χ3v) is 6.63. The van der Waals surface area contributed by atoms with E-state index in [0.29, 0.717) is 0 Å². The molecule has 6 nitrogen and oxygen atoms in total. The van der Waals surface area contributed by atoms with Crippen molar-refractivity contribution in [1.82, 2.24) is 10.2 Å². The molecule has 3 atom stereocenters. The zero-order chi connectivity index (χ0) is 25.7. The molecule has 0 radical (unpaired) electrons. The first-order valence-corrected chi connectivity index (χ1v) is 11.6. The highest BCUT2D eigenvalue weighted by Crippen LogP contribution is 2.32. The third kappa shape index (κ3) is 7.18. The van der Waals surface area contributed by atoms with Crippen LogP contribution in [0, 0.1) is 17.3 Å². The Hall–Kier alpha value is -2.63. The van der Waals surface area contributed by atoms with Crippen LogP contribution < -0.4 is 5.32 Å². The summed E-state index contributed by atoms with van der Waals surface area (Å²) in [5.74, 6) is -1.82. The predicted octanol–water partition coefficient (Wildman–Crippen LogP) is 4.65. The molecule has 0 aliphatic carbocycles. The molecule has 1 aromatic carbocycles. The fraction of sp³-hybridized carbons (Fsp3) is 0.593. The zero-order valence-electron chi connectivity index (χ0n) is 21.9. The number of aliphatic carboxylic acids is 1. The van der Waals surface area contributed by atoms with Crippen molar-refractivity contribution in [2.24, 2.45) is 17.3 Å². The number of nitrogens with zero attached hydrogens (tertiary/aromatic N) is 1. The largest absolute Gasteiger partial charge is 0.478 e. The van der Waals surface area contributed by atoms with E-state index in [1.807, 2.05) is 85.7 Å².